The van der Waals surface area contributed by atoms with Crippen molar-refractivity contribution < 1.29 is 4.79 Å². The predicted molar refractivity (Wildman–Crippen MR) is 96.1 cm³/mol. The van der Waals surface area contributed by atoms with E-state index in [0.717, 1.165) is 50.4 Å². The molecule has 0 radical (unpaired) electrons. The van der Waals surface area contributed by atoms with E-state index in [-0.39, 0.29) is 5.91 Å². The van der Waals surface area contributed by atoms with Crippen LogP contribution >= 0.6 is 11.6 Å². The van der Waals surface area contributed by atoms with E-state index in [4.69, 9.17) is 11.6 Å². The van der Waals surface area contributed by atoms with Gasteiger partial charge in [0, 0.05) is 31.2 Å². The summed E-state index contributed by atoms with van der Waals surface area (Å²) in [6, 6.07) is 7.48. The average molecular weight is 360 g/mol. The Bertz CT molecular complexity index is 778. The molecule has 3 heterocycles. The molecule has 2 atom stereocenters. The van der Waals surface area contributed by atoms with Gasteiger partial charge in [0.25, 0.3) is 5.91 Å². The van der Waals surface area contributed by atoms with Crippen molar-refractivity contribution in [2.45, 2.75) is 19.8 Å². The summed E-state index contributed by atoms with van der Waals surface area (Å²) in [7, 11) is 0. The third-order valence-corrected chi connectivity index (χ3v) is 5.42. The smallest absolute Gasteiger partial charge is 0.276 e. The molecule has 1 amide bonds. The number of halogens is 1. The molecule has 4 rings (SSSR count). The van der Waals surface area contributed by atoms with Crippen molar-refractivity contribution in [3.05, 3.63) is 40.7 Å². The van der Waals surface area contributed by atoms with Crippen LogP contribution < -0.4 is 5.32 Å². The zero-order valence-corrected chi connectivity index (χ0v) is 15.0. The Morgan fingerprint density at radius 1 is 1.32 bits per heavy atom. The van der Waals surface area contributed by atoms with Crippen LogP contribution in [0.15, 0.2) is 24.3 Å². The minimum absolute atomic E-state index is 0.00567. The topological polar surface area (TPSA) is 63.1 Å². The molecular weight excluding hydrogens is 338 g/mol. The average Bonchev–Trinajstić information content (AvgIpc) is 3.29. The summed E-state index contributed by atoms with van der Waals surface area (Å²) in [6.45, 7) is 5.73. The SMILES string of the molecule is CCCc1c(C(=O)N2C[C@H]3CNC[C@H]3C2)nnn1-c1cccc(Cl)c1. The summed E-state index contributed by atoms with van der Waals surface area (Å²) >= 11 is 6.11. The predicted octanol–water partition coefficient (Wildman–Crippen LogP) is 2.16. The Morgan fingerprint density at radius 2 is 2.08 bits per heavy atom. The van der Waals surface area contributed by atoms with Crippen LogP contribution in [-0.2, 0) is 6.42 Å². The highest BCUT2D eigenvalue weighted by Gasteiger charge is 2.39. The molecule has 1 N–H and O–H groups in total. The molecule has 2 saturated heterocycles. The number of hydrogen-bond donors (Lipinski definition) is 1. The number of amides is 1. The van der Waals surface area contributed by atoms with Gasteiger partial charge in [0.05, 0.1) is 11.4 Å². The van der Waals surface area contributed by atoms with Crippen LogP contribution in [0.4, 0.5) is 0 Å². The van der Waals surface area contributed by atoms with Crippen molar-refractivity contribution in [3.63, 3.8) is 0 Å². The fraction of sp³-hybridized carbons (Fsp3) is 0.500. The van der Waals surface area contributed by atoms with Crippen LogP contribution in [-0.4, -0.2) is 52.0 Å². The van der Waals surface area contributed by atoms with Gasteiger partial charge in [-0.25, -0.2) is 4.68 Å². The van der Waals surface area contributed by atoms with Gasteiger partial charge in [-0.15, -0.1) is 5.10 Å². The lowest BCUT2D eigenvalue weighted by Crippen LogP contribution is -2.32. The monoisotopic (exact) mass is 359 g/mol. The lowest BCUT2D eigenvalue weighted by atomic mass is 10.0. The second-order valence-corrected chi connectivity index (χ2v) is 7.35. The highest BCUT2D eigenvalue weighted by Crippen LogP contribution is 2.28. The van der Waals surface area contributed by atoms with Crippen LogP contribution in [0.3, 0.4) is 0 Å². The van der Waals surface area contributed by atoms with Crippen molar-refractivity contribution >= 4 is 17.5 Å². The largest absolute Gasteiger partial charge is 0.337 e. The van der Waals surface area contributed by atoms with Gasteiger partial charge in [-0.05, 0) is 36.5 Å². The Balaban J connectivity index is 1.64. The highest BCUT2D eigenvalue weighted by atomic mass is 35.5. The second kappa shape index (κ2) is 6.77. The first-order chi connectivity index (χ1) is 12.2. The number of likely N-dealkylation sites (tertiary alicyclic amines) is 1. The number of benzene rings is 1. The van der Waals surface area contributed by atoms with Crippen LogP contribution in [0.2, 0.25) is 5.02 Å². The summed E-state index contributed by atoms with van der Waals surface area (Å²) in [5, 5.41) is 12.5. The van der Waals surface area contributed by atoms with Crippen molar-refractivity contribution in [2.24, 2.45) is 11.8 Å². The molecule has 0 aliphatic carbocycles. The van der Waals surface area contributed by atoms with Gasteiger partial charge in [0.1, 0.15) is 0 Å². The highest BCUT2D eigenvalue weighted by molar-refractivity contribution is 6.30. The Morgan fingerprint density at radius 3 is 2.76 bits per heavy atom. The minimum Gasteiger partial charge on any atom is -0.337 e. The molecular formula is C18H22ClN5O. The van der Waals surface area contributed by atoms with E-state index in [2.05, 4.69) is 22.6 Å². The lowest BCUT2D eigenvalue weighted by molar-refractivity contribution is 0.0774. The van der Waals surface area contributed by atoms with E-state index in [0.29, 0.717) is 22.6 Å². The molecule has 2 aliphatic heterocycles. The number of rotatable bonds is 4. The van der Waals surface area contributed by atoms with Crippen LogP contribution in [0.25, 0.3) is 5.69 Å². The first kappa shape index (κ1) is 16.5. The molecule has 2 aliphatic rings. The first-order valence-electron chi connectivity index (χ1n) is 8.88. The zero-order valence-electron chi connectivity index (χ0n) is 14.3. The molecule has 132 valence electrons. The van der Waals surface area contributed by atoms with Gasteiger partial charge in [-0.2, -0.15) is 0 Å². The standard InChI is InChI=1S/C18H22ClN5O/c1-2-4-16-17(18(25)23-10-12-8-20-9-13(12)11-23)21-22-24(16)15-6-3-5-14(19)7-15/h3,5-7,12-13,20H,2,4,8-11H2,1H3/t12-,13+. The van der Waals surface area contributed by atoms with E-state index in [9.17, 15) is 4.79 Å². The van der Waals surface area contributed by atoms with Crippen LogP contribution in [0, 0.1) is 11.8 Å². The van der Waals surface area contributed by atoms with Crippen LogP contribution in [0.5, 0.6) is 0 Å². The summed E-state index contributed by atoms with van der Waals surface area (Å²) in [5.74, 6) is 1.15. The van der Waals surface area contributed by atoms with E-state index < -0.39 is 0 Å². The molecule has 1 aromatic heterocycles. The molecule has 2 fully saturated rings. The van der Waals surface area contributed by atoms with Crippen molar-refractivity contribution in [1.82, 2.24) is 25.2 Å². The van der Waals surface area contributed by atoms with Gasteiger partial charge in [-0.1, -0.05) is 36.2 Å². The molecule has 2 aromatic rings. The zero-order chi connectivity index (χ0) is 17.4. The third kappa shape index (κ3) is 3.04. The van der Waals surface area contributed by atoms with Gasteiger partial charge in [0.2, 0.25) is 0 Å². The summed E-state index contributed by atoms with van der Waals surface area (Å²) in [5.41, 5.74) is 2.18. The van der Waals surface area contributed by atoms with Crippen LogP contribution in [0.1, 0.15) is 29.5 Å². The normalized spacial score (nSPS) is 22.4. The molecule has 0 spiro atoms. The molecule has 7 heteroatoms. The van der Waals surface area contributed by atoms with E-state index >= 15 is 0 Å². The number of nitrogens with one attached hydrogen (secondary N) is 1. The van der Waals surface area contributed by atoms with Gasteiger partial charge in [-0.3, -0.25) is 4.79 Å². The minimum atomic E-state index is 0.00567. The van der Waals surface area contributed by atoms with E-state index in [1.807, 2.05) is 29.2 Å². The van der Waals surface area contributed by atoms with Gasteiger partial charge in [0.15, 0.2) is 5.69 Å². The third-order valence-electron chi connectivity index (χ3n) is 5.18. The molecule has 25 heavy (non-hydrogen) atoms. The maximum absolute atomic E-state index is 13.0. The Hall–Kier alpha value is -1.92. The molecule has 0 saturated carbocycles. The molecule has 0 bridgehead atoms. The fourth-order valence-electron chi connectivity index (χ4n) is 3.92. The lowest BCUT2D eigenvalue weighted by Gasteiger charge is -2.17. The van der Waals surface area contributed by atoms with Gasteiger partial charge >= 0.3 is 0 Å². The van der Waals surface area contributed by atoms with Crippen molar-refractivity contribution in [2.75, 3.05) is 26.2 Å². The Kier molecular flexibility index (Phi) is 4.48. The van der Waals surface area contributed by atoms with E-state index in [1.54, 1.807) is 4.68 Å². The van der Waals surface area contributed by atoms with E-state index in [1.165, 1.54) is 0 Å². The number of aromatic nitrogens is 3. The quantitative estimate of drug-likeness (QED) is 0.908. The Labute approximate surface area is 152 Å². The molecule has 0 unspecified atom stereocenters. The number of nitrogens with zero attached hydrogens (tertiary/aromatic N) is 4. The number of fused-ring (bicyclic) bond motifs is 1. The molecule has 6 nitrogen and oxygen atoms in total. The first-order valence-corrected chi connectivity index (χ1v) is 9.25. The number of hydrogen-bond acceptors (Lipinski definition) is 4. The maximum atomic E-state index is 13.0. The summed E-state index contributed by atoms with van der Waals surface area (Å²) < 4.78 is 1.75. The molecule has 1 aromatic carbocycles. The fourth-order valence-corrected chi connectivity index (χ4v) is 4.10. The van der Waals surface area contributed by atoms with Crippen molar-refractivity contribution in [3.8, 4) is 5.69 Å². The van der Waals surface area contributed by atoms with Crippen molar-refractivity contribution in [1.29, 1.82) is 0 Å². The number of carbonyl (C=O) groups is 1. The second-order valence-electron chi connectivity index (χ2n) is 6.91. The number of carbonyl (C=O) groups excluding carboxylic acids is 1. The summed E-state index contributed by atoms with van der Waals surface area (Å²) in [4.78, 5) is 15.0. The maximum Gasteiger partial charge on any atom is 0.276 e. The van der Waals surface area contributed by atoms with Gasteiger partial charge < -0.3 is 10.2 Å². The summed E-state index contributed by atoms with van der Waals surface area (Å²) in [6.07, 6.45) is 1.67.